The highest BCUT2D eigenvalue weighted by molar-refractivity contribution is 6.30. The van der Waals surface area contributed by atoms with Gasteiger partial charge < -0.3 is 19.5 Å². The number of nitrogens with one attached hydrogen (secondary N) is 1. The summed E-state index contributed by atoms with van der Waals surface area (Å²) in [5, 5.41) is 3.15. The van der Waals surface area contributed by atoms with Gasteiger partial charge in [0, 0.05) is 5.02 Å². The van der Waals surface area contributed by atoms with Gasteiger partial charge >= 0.3 is 12.0 Å². The van der Waals surface area contributed by atoms with E-state index in [0.29, 0.717) is 22.1 Å². The third-order valence-electron chi connectivity index (χ3n) is 4.29. The van der Waals surface area contributed by atoms with Crippen molar-refractivity contribution >= 4 is 35.6 Å². The van der Waals surface area contributed by atoms with Crippen LogP contribution in [0.25, 0.3) is 6.08 Å². The molecule has 0 spiro atoms. The number of hydrogen-bond acceptors (Lipinski definition) is 6. The van der Waals surface area contributed by atoms with Gasteiger partial charge in [-0.1, -0.05) is 29.8 Å². The fourth-order valence-corrected chi connectivity index (χ4v) is 2.87. The first kappa shape index (κ1) is 21.2. The molecule has 0 bridgehead atoms. The molecular formula is C21H19ClN2O6. The maximum absolute atomic E-state index is 12.7. The highest BCUT2D eigenvalue weighted by Gasteiger charge is 2.33. The second-order valence-electron chi connectivity index (χ2n) is 6.28. The van der Waals surface area contributed by atoms with E-state index in [1.54, 1.807) is 42.5 Å². The normalized spacial score (nSPS) is 14.6. The third-order valence-corrected chi connectivity index (χ3v) is 4.54. The van der Waals surface area contributed by atoms with Crippen LogP contribution >= 0.6 is 11.6 Å². The summed E-state index contributed by atoms with van der Waals surface area (Å²) in [5.74, 6) is -0.262. The Hall–Kier alpha value is -3.52. The third kappa shape index (κ3) is 4.90. The van der Waals surface area contributed by atoms with Crippen LogP contribution in [0.5, 0.6) is 11.5 Å². The van der Waals surface area contributed by atoms with Gasteiger partial charge in [-0.05, 0) is 41.5 Å². The van der Waals surface area contributed by atoms with E-state index >= 15 is 0 Å². The SMILES string of the molecule is COC(=O)COc1ccc(/C=C2/NC(=O)N(Cc3ccc(Cl)cc3)C2=O)cc1OC. The average molecular weight is 431 g/mol. The monoisotopic (exact) mass is 430 g/mol. The zero-order valence-electron chi connectivity index (χ0n) is 16.3. The number of methoxy groups -OCH3 is 2. The molecule has 1 aliphatic rings. The van der Waals surface area contributed by atoms with Gasteiger partial charge in [0.25, 0.3) is 5.91 Å². The Balaban J connectivity index is 1.76. The van der Waals surface area contributed by atoms with Crippen molar-refractivity contribution in [3.8, 4) is 11.5 Å². The van der Waals surface area contributed by atoms with Gasteiger partial charge in [-0.15, -0.1) is 0 Å². The summed E-state index contributed by atoms with van der Waals surface area (Å²) in [4.78, 5) is 37.3. The number of halogens is 1. The lowest BCUT2D eigenvalue weighted by Gasteiger charge is -2.12. The van der Waals surface area contributed by atoms with Crippen molar-refractivity contribution in [1.82, 2.24) is 10.2 Å². The number of carbonyl (C=O) groups excluding carboxylic acids is 3. The van der Waals surface area contributed by atoms with Crippen molar-refractivity contribution in [2.24, 2.45) is 0 Å². The molecular weight excluding hydrogens is 412 g/mol. The predicted molar refractivity (Wildman–Crippen MR) is 109 cm³/mol. The number of carbonyl (C=O) groups is 3. The van der Waals surface area contributed by atoms with E-state index in [1.807, 2.05) is 0 Å². The molecule has 1 heterocycles. The molecule has 2 aromatic carbocycles. The lowest BCUT2D eigenvalue weighted by molar-refractivity contribution is -0.142. The lowest BCUT2D eigenvalue weighted by atomic mass is 10.1. The summed E-state index contributed by atoms with van der Waals surface area (Å²) in [5.41, 5.74) is 1.52. The molecule has 3 amide bonds. The molecule has 0 radical (unpaired) electrons. The van der Waals surface area contributed by atoms with Crippen molar-refractivity contribution < 1.29 is 28.6 Å². The van der Waals surface area contributed by atoms with E-state index in [2.05, 4.69) is 10.1 Å². The number of amides is 3. The molecule has 1 fully saturated rings. The summed E-state index contributed by atoms with van der Waals surface area (Å²) >= 11 is 5.87. The summed E-state index contributed by atoms with van der Waals surface area (Å²) in [6.45, 7) is -0.135. The van der Waals surface area contributed by atoms with Crippen LogP contribution in [0.2, 0.25) is 5.02 Å². The van der Waals surface area contributed by atoms with Crippen LogP contribution in [0.3, 0.4) is 0 Å². The second-order valence-corrected chi connectivity index (χ2v) is 6.72. The first-order valence-corrected chi connectivity index (χ1v) is 9.25. The molecule has 1 N–H and O–H groups in total. The predicted octanol–water partition coefficient (Wildman–Crippen LogP) is 2.99. The van der Waals surface area contributed by atoms with Crippen LogP contribution in [0.1, 0.15) is 11.1 Å². The van der Waals surface area contributed by atoms with Crippen molar-refractivity contribution in [2.45, 2.75) is 6.54 Å². The van der Waals surface area contributed by atoms with E-state index in [1.165, 1.54) is 20.3 Å². The summed E-state index contributed by atoms with van der Waals surface area (Å²) in [6.07, 6.45) is 1.54. The molecule has 156 valence electrons. The minimum Gasteiger partial charge on any atom is -0.493 e. The zero-order valence-corrected chi connectivity index (χ0v) is 17.1. The number of nitrogens with zero attached hydrogens (tertiary/aromatic N) is 1. The van der Waals surface area contributed by atoms with Gasteiger partial charge in [0.2, 0.25) is 0 Å². The number of ether oxygens (including phenoxy) is 3. The van der Waals surface area contributed by atoms with Crippen LogP contribution in [0, 0.1) is 0 Å². The van der Waals surface area contributed by atoms with Gasteiger partial charge in [0.05, 0.1) is 20.8 Å². The van der Waals surface area contributed by atoms with E-state index in [0.717, 1.165) is 10.5 Å². The molecule has 0 aliphatic carbocycles. The number of imide groups is 1. The first-order valence-electron chi connectivity index (χ1n) is 8.88. The molecule has 3 rings (SSSR count). The van der Waals surface area contributed by atoms with Crippen molar-refractivity contribution in [1.29, 1.82) is 0 Å². The highest BCUT2D eigenvalue weighted by Crippen LogP contribution is 2.29. The van der Waals surface area contributed by atoms with Gasteiger partial charge in [0.1, 0.15) is 5.70 Å². The number of rotatable bonds is 7. The largest absolute Gasteiger partial charge is 0.493 e. The smallest absolute Gasteiger partial charge is 0.343 e. The van der Waals surface area contributed by atoms with Gasteiger partial charge in [-0.25, -0.2) is 9.59 Å². The maximum Gasteiger partial charge on any atom is 0.343 e. The Labute approximate surface area is 178 Å². The van der Waals surface area contributed by atoms with Crippen LogP contribution in [-0.2, 0) is 20.9 Å². The Morgan fingerprint density at radius 2 is 1.83 bits per heavy atom. The topological polar surface area (TPSA) is 94.2 Å². The van der Waals surface area contributed by atoms with Crippen LogP contribution in [-0.4, -0.2) is 43.6 Å². The number of benzene rings is 2. The van der Waals surface area contributed by atoms with E-state index in [4.69, 9.17) is 21.1 Å². The molecule has 9 heteroatoms. The number of hydrogen-bond donors (Lipinski definition) is 1. The molecule has 8 nitrogen and oxygen atoms in total. The van der Waals surface area contributed by atoms with Gasteiger partial charge in [-0.3, -0.25) is 9.69 Å². The fraction of sp³-hybridized carbons (Fsp3) is 0.190. The summed E-state index contributed by atoms with van der Waals surface area (Å²) in [7, 11) is 2.72. The van der Waals surface area contributed by atoms with E-state index in [-0.39, 0.29) is 18.8 Å². The fourth-order valence-electron chi connectivity index (χ4n) is 2.74. The highest BCUT2D eigenvalue weighted by atomic mass is 35.5. The lowest BCUT2D eigenvalue weighted by Crippen LogP contribution is -2.30. The first-order chi connectivity index (χ1) is 14.4. The van der Waals surface area contributed by atoms with Crippen LogP contribution < -0.4 is 14.8 Å². The molecule has 2 aromatic rings. The molecule has 0 atom stereocenters. The Bertz CT molecular complexity index is 1000. The molecule has 0 saturated carbocycles. The van der Waals surface area contributed by atoms with Crippen molar-refractivity contribution in [2.75, 3.05) is 20.8 Å². The zero-order chi connectivity index (χ0) is 21.7. The minimum absolute atomic E-state index is 0.128. The Morgan fingerprint density at radius 1 is 1.10 bits per heavy atom. The van der Waals surface area contributed by atoms with Gasteiger partial charge in [0.15, 0.2) is 18.1 Å². The standard InChI is InChI=1S/C21H19ClN2O6/c1-28-18-10-14(5-8-17(18)30-12-19(25)29-2)9-16-20(26)24(21(27)23-16)11-13-3-6-15(22)7-4-13/h3-10H,11-12H2,1-2H3,(H,23,27)/b16-9+. The quantitative estimate of drug-likeness (QED) is 0.412. The minimum atomic E-state index is -0.525. The van der Waals surface area contributed by atoms with Crippen LogP contribution in [0.4, 0.5) is 4.79 Å². The van der Waals surface area contributed by atoms with E-state index in [9.17, 15) is 14.4 Å². The Kier molecular flexibility index (Phi) is 6.58. The maximum atomic E-state index is 12.7. The van der Waals surface area contributed by atoms with Crippen LogP contribution in [0.15, 0.2) is 48.2 Å². The van der Waals surface area contributed by atoms with Gasteiger partial charge in [-0.2, -0.15) is 0 Å². The second kappa shape index (κ2) is 9.32. The molecule has 30 heavy (non-hydrogen) atoms. The average Bonchev–Trinajstić information content (AvgIpc) is 3.01. The number of urea groups is 1. The molecule has 0 aromatic heterocycles. The number of esters is 1. The molecule has 1 saturated heterocycles. The molecule has 1 aliphatic heterocycles. The summed E-state index contributed by atoms with van der Waals surface area (Å²) < 4.78 is 15.2. The van der Waals surface area contributed by atoms with Crippen molar-refractivity contribution in [3.63, 3.8) is 0 Å². The van der Waals surface area contributed by atoms with E-state index < -0.39 is 17.9 Å². The van der Waals surface area contributed by atoms with Crippen molar-refractivity contribution in [3.05, 3.63) is 64.3 Å². The molecule has 0 unspecified atom stereocenters. The Morgan fingerprint density at radius 3 is 2.50 bits per heavy atom. The summed E-state index contributed by atoms with van der Waals surface area (Å²) in [6, 6.07) is 11.3.